The smallest absolute Gasteiger partial charge is 0.351 e. The Labute approximate surface area is 98.4 Å². The molecular weight excluding hydrogens is 216 g/mol. The fourth-order valence-electron chi connectivity index (χ4n) is 1.64. The van der Waals surface area contributed by atoms with E-state index in [0.29, 0.717) is 6.42 Å². The van der Waals surface area contributed by atoms with Crippen molar-refractivity contribution in [3.63, 3.8) is 0 Å². The number of pyridine rings is 1. The number of para-hydroxylation sites is 1. The van der Waals surface area contributed by atoms with Gasteiger partial charge in [-0.1, -0.05) is 18.2 Å². The highest BCUT2D eigenvalue weighted by Crippen LogP contribution is 2.16. The highest BCUT2D eigenvalue weighted by Gasteiger charge is 2.03. The van der Waals surface area contributed by atoms with E-state index in [2.05, 4.69) is 4.98 Å². The molecule has 0 unspecified atom stereocenters. The van der Waals surface area contributed by atoms with Gasteiger partial charge in [-0.3, -0.25) is 4.98 Å². The molecule has 0 fully saturated rings. The average molecular weight is 228 g/mol. The van der Waals surface area contributed by atoms with E-state index in [1.807, 2.05) is 30.3 Å². The van der Waals surface area contributed by atoms with Crippen molar-refractivity contribution in [1.82, 2.24) is 4.98 Å². The molecular formula is C13H12N2O2. The van der Waals surface area contributed by atoms with Crippen LogP contribution in [0, 0.1) is 0 Å². The number of allylic oxidation sites excluding steroid dienone is 1. The van der Waals surface area contributed by atoms with Crippen LogP contribution in [-0.4, -0.2) is 16.1 Å². The lowest BCUT2D eigenvalue weighted by atomic mass is 10.1. The quantitative estimate of drug-likeness (QED) is 0.784. The van der Waals surface area contributed by atoms with Crippen LogP contribution in [0.15, 0.2) is 48.3 Å². The minimum absolute atomic E-state index is 0.133. The maximum atomic E-state index is 10.6. The van der Waals surface area contributed by atoms with Crippen LogP contribution in [0.4, 0.5) is 0 Å². The van der Waals surface area contributed by atoms with Gasteiger partial charge in [0.25, 0.3) is 0 Å². The monoisotopic (exact) mass is 228 g/mol. The minimum Gasteiger partial charge on any atom is -0.477 e. The molecule has 3 N–H and O–H groups in total. The van der Waals surface area contributed by atoms with Crippen molar-refractivity contribution >= 4 is 16.9 Å². The number of nitrogens with zero attached hydrogens (tertiary/aromatic N) is 1. The summed E-state index contributed by atoms with van der Waals surface area (Å²) in [7, 11) is 0. The highest BCUT2D eigenvalue weighted by atomic mass is 16.4. The lowest BCUT2D eigenvalue weighted by Crippen LogP contribution is -2.10. The van der Waals surface area contributed by atoms with Gasteiger partial charge in [-0.25, -0.2) is 4.79 Å². The maximum absolute atomic E-state index is 10.6. The predicted octanol–water partition coefficient (Wildman–Crippen LogP) is 1.70. The molecule has 0 saturated heterocycles. The first-order valence-corrected chi connectivity index (χ1v) is 5.20. The number of carboxylic acid groups (broad SMARTS) is 1. The second-order valence-corrected chi connectivity index (χ2v) is 3.66. The molecule has 4 heteroatoms. The Balaban J connectivity index is 2.37. The van der Waals surface area contributed by atoms with Gasteiger partial charge < -0.3 is 10.8 Å². The third-order valence-corrected chi connectivity index (χ3v) is 2.53. The number of fused-ring (bicyclic) bond motifs is 1. The zero-order valence-electron chi connectivity index (χ0n) is 9.13. The van der Waals surface area contributed by atoms with Crippen molar-refractivity contribution in [3.05, 3.63) is 53.9 Å². The van der Waals surface area contributed by atoms with Crippen LogP contribution in [0.2, 0.25) is 0 Å². The summed E-state index contributed by atoms with van der Waals surface area (Å²) >= 11 is 0. The lowest BCUT2D eigenvalue weighted by molar-refractivity contribution is -0.132. The number of aromatic nitrogens is 1. The normalized spacial score (nSPS) is 11.6. The van der Waals surface area contributed by atoms with E-state index in [4.69, 9.17) is 10.8 Å². The van der Waals surface area contributed by atoms with Gasteiger partial charge in [0.1, 0.15) is 5.70 Å². The van der Waals surface area contributed by atoms with Crippen molar-refractivity contribution in [3.8, 4) is 0 Å². The highest BCUT2D eigenvalue weighted by molar-refractivity contribution is 5.86. The molecule has 4 nitrogen and oxygen atoms in total. The van der Waals surface area contributed by atoms with Crippen molar-refractivity contribution in [2.75, 3.05) is 0 Å². The van der Waals surface area contributed by atoms with Crippen LogP contribution >= 0.6 is 0 Å². The Morgan fingerprint density at radius 2 is 2.12 bits per heavy atom. The Morgan fingerprint density at radius 1 is 1.35 bits per heavy atom. The number of carboxylic acids is 1. The summed E-state index contributed by atoms with van der Waals surface area (Å²) in [6.07, 6.45) is 3.70. The predicted molar refractivity (Wildman–Crippen MR) is 65.4 cm³/mol. The molecule has 1 aromatic carbocycles. The van der Waals surface area contributed by atoms with Crippen molar-refractivity contribution in [1.29, 1.82) is 0 Å². The number of rotatable bonds is 3. The number of hydrogen-bond donors (Lipinski definition) is 2. The first kappa shape index (κ1) is 11.1. The molecule has 0 amide bonds. The molecule has 0 atom stereocenters. The SMILES string of the molecule is N/C(=C/Cc1ccnc2ccccc12)C(=O)O. The molecule has 0 bridgehead atoms. The molecule has 0 saturated carbocycles. The van der Waals surface area contributed by atoms with Gasteiger partial charge >= 0.3 is 5.97 Å². The van der Waals surface area contributed by atoms with E-state index in [1.165, 1.54) is 6.08 Å². The molecule has 1 aromatic heterocycles. The fourth-order valence-corrected chi connectivity index (χ4v) is 1.64. The standard InChI is InChI=1S/C13H12N2O2/c14-11(13(16)17)6-5-9-7-8-15-12-4-2-1-3-10(9)12/h1-4,6-8H,5,14H2,(H,16,17)/b11-6+. The maximum Gasteiger partial charge on any atom is 0.351 e. The van der Waals surface area contributed by atoms with Crippen molar-refractivity contribution in [2.45, 2.75) is 6.42 Å². The van der Waals surface area contributed by atoms with E-state index >= 15 is 0 Å². The molecule has 0 aliphatic heterocycles. The van der Waals surface area contributed by atoms with Gasteiger partial charge in [-0.15, -0.1) is 0 Å². The largest absolute Gasteiger partial charge is 0.477 e. The fraction of sp³-hybridized carbons (Fsp3) is 0.0769. The van der Waals surface area contributed by atoms with Gasteiger partial charge in [0.05, 0.1) is 5.52 Å². The lowest BCUT2D eigenvalue weighted by Gasteiger charge is -2.03. The van der Waals surface area contributed by atoms with Gasteiger partial charge in [-0.2, -0.15) is 0 Å². The second-order valence-electron chi connectivity index (χ2n) is 3.66. The number of hydrogen-bond acceptors (Lipinski definition) is 3. The van der Waals surface area contributed by atoms with Crippen molar-refractivity contribution in [2.24, 2.45) is 5.73 Å². The van der Waals surface area contributed by atoms with Crippen LogP contribution in [-0.2, 0) is 11.2 Å². The molecule has 0 aliphatic rings. The first-order valence-electron chi connectivity index (χ1n) is 5.20. The molecule has 2 aromatic rings. The van der Waals surface area contributed by atoms with Crippen LogP contribution in [0.5, 0.6) is 0 Å². The Bertz CT molecular complexity index is 585. The van der Waals surface area contributed by atoms with Gasteiger partial charge in [-0.05, 0) is 30.2 Å². The zero-order valence-corrected chi connectivity index (χ0v) is 9.13. The average Bonchev–Trinajstić information content (AvgIpc) is 2.35. The molecule has 0 aliphatic carbocycles. The molecule has 86 valence electrons. The molecule has 2 rings (SSSR count). The summed E-state index contributed by atoms with van der Waals surface area (Å²) in [6.45, 7) is 0. The van der Waals surface area contributed by atoms with E-state index in [1.54, 1.807) is 6.20 Å². The van der Waals surface area contributed by atoms with Crippen LogP contribution < -0.4 is 5.73 Å². The van der Waals surface area contributed by atoms with Crippen LogP contribution in [0.1, 0.15) is 5.56 Å². The first-order chi connectivity index (χ1) is 8.18. The third kappa shape index (κ3) is 2.42. The van der Waals surface area contributed by atoms with Crippen molar-refractivity contribution < 1.29 is 9.90 Å². The van der Waals surface area contributed by atoms with E-state index in [0.717, 1.165) is 16.5 Å². The molecule has 0 radical (unpaired) electrons. The Morgan fingerprint density at radius 3 is 2.88 bits per heavy atom. The zero-order chi connectivity index (χ0) is 12.3. The van der Waals surface area contributed by atoms with Crippen LogP contribution in [0.25, 0.3) is 10.9 Å². The summed E-state index contributed by atoms with van der Waals surface area (Å²) in [4.78, 5) is 14.8. The topological polar surface area (TPSA) is 76.2 Å². The second kappa shape index (κ2) is 4.65. The molecule has 17 heavy (non-hydrogen) atoms. The summed E-state index contributed by atoms with van der Waals surface area (Å²) in [5, 5.41) is 9.69. The van der Waals surface area contributed by atoms with Gasteiger partial charge in [0.2, 0.25) is 0 Å². The van der Waals surface area contributed by atoms with Gasteiger partial charge in [0.15, 0.2) is 0 Å². The summed E-state index contributed by atoms with van der Waals surface area (Å²) < 4.78 is 0. The van der Waals surface area contributed by atoms with Crippen LogP contribution in [0.3, 0.4) is 0 Å². The number of benzene rings is 1. The van der Waals surface area contributed by atoms with E-state index < -0.39 is 5.97 Å². The Hall–Kier alpha value is -2.36. The summed E-state index contributed by atoms with van der Waals surface area (Å²) in [6, 6.07) is 9.60. The number of nitrogens with two attached hydrogens (primary N) is 1. The number of aliphatic carboxylic acids is 1. The Kier molecular flexibility index (Phi) is 3.05. The van der Waals surface area contributed by atoms with Gasteiger partial charge in [0, 0.05) is 11.6 Å². The molecule has 1 heterocycles. The number of carbonyl (C=O) groups is 1. The third-order valence-electron chi connectivity index (χ3n) is 2.53. The summed E-state index contributed by atoms with van der Waals surface area (Å²) in [5.41, 5.74) is 7.13. The molecule has 0 spiro atoms. The minimum atomic E-state index is -1.09. The van der Waals surface area contributed by atoms with E-state index in [-0.39, 0.29) is 5.70 Å². The summed E-state index contributed by atoms with van der Waals surface area (Å²) in [5.74, 6) is -1.09. The van der Waals surface area contributed by atoms with E-state index in [9.17, 15) is 4.79 Å².